The maximum Gasteiger partial charge on any atom is 0.225 e. The van der Waals surface area contributed by atoms with Crippen LogP contribution in [0, 0.1) is 0 Å². The SMILES string of the molecule is C=CCOc1cccc(NC(=O)CCSCc2ccccc2)c1. The van der Waals surface area contributed by atoms with E-state index in [2.05, 4.69) is 24.0 Å². The van der Waals surface area contributed by atoms with E-state index in [1.165, 1.54) is 5.56 Å². The van der Waals surface area contributed by atoms with Crippen molar-refractivity contribution >= 4 is 23.4 Å². The van der Waals surface area contributed by atoms with Gasteiger partial charge in [0.2, 0.25) is 5.91 Å². The Hall–Kier alpha value is -2.20. The maximum absolute atomic E-state index is 12.0. The monoisotopic (exact) mass is 327 g/mol. The lowest BCUT2D eigenvalue weighted by atomic mass is 10.2. The Bertz CT molecular complexity index is 628. The molecule has 4 heteroatoms. The Kier molecular flexibility index (Phi) is 7.27. The van der Waals surface area contributed by atoms with Gasteiger partial charge >= 0.3 is 0 Å². The summed E-state index contributed by atoms with van der Waals surface area (Å²) >= 11 is 1.76. The summed E-state index contributed by atoms with van der Waals surface area (Å²) in [4.78, 5) is 12.0. The largest absolute Gasteiger partial charge is 0.489 e. The van der Waals surface area contributed by atoms with E-state index < -0.39 is 0 Å². The first kappa shape index (κ1) is 17.2. The third-order valence-electron chi connectivity index (χ3n) is 3.07. The Labute approximate surface area is 141 Å². The van der Waals surface area contributed by atoms with Gasteiger partial charge in [-0.25, -0.2) is 0 Å². The molecular formula is C19H21NO2S. The third kappa shape index (κ3) is 6.61. The van der Waals surface area contributed by atoms with Crippen molar-refractivity contribution in [1.82, 2.24) is 0 Å². The van der Waals surface area contributed by atoms with E-state index in [-0.39, 0.29) is 5.91 Å². The summed E-state index contributed by atoms with van der Waals surface area (Å²) in [5, 5.41) is 2.90. The molecule has 2 aromatic carbocycles. The first-order valence-corrected chi connectivity index (χ1v) is 8.68. The average molecular weight is 327 g/mol. The lowest BCUT2D eigenvalue weighted by Gasteiger charge is -2.08. The van der Waals surface area contributed by atoms with Crippen LogP contribution in [0.2, 0.25) is 0 Å². The second-order valence-corrected chi connectivity index (χ2v) is 6.07. The minimum atomic E-state index is 0.0198. The number of amides is 1. The van der Waals surface area contributed by atoms with Crippen molar-refractivity contribution in [3.05, 3.63) is 72.8 Å². The Morgan fingerprint density at radius 1 is 1.17 bits per heavy atom. The average Bonchev–Trinajstić information content (AvgIpc) is 2.58. The fourth-order valence-electron chi connectivity index (χ4n) is 1.97. The van der Waals surface area contributed by atoms with E-state index in [1.807, 2.05) is 42.5 Å². The van der Waals surface area contributed by atoms with E-state index in [0.717, 1.165) is 22.9 Å². The Balaban J connectivity index is 1.71. The molecule has 0 atom stereocenters. The molecule has 0 aliphatic rings. The fraction of sp³-hybridized carbons (Fsp3) is 0.211. The van der Waals surface area contributed by atoms with Gasteiger partial charge in [0.1, 0.15) is 12.4 Å². The highest BCUT2D eigenvalue weighted by atomic mass is 32.2. The number of rotatable bonds is 9. The molecule has 1 amide bonds. The van der Waals surface area contributed by atoms with E-state index in [0.29, 0.717) is 13.0 Å². The molecule has 2 aromatic rings. The van der Waals surface area contributed by atoms with Gasteiger partial charge < -0.3 is 10.1 Å². The number of carbonyl (C=O) groups is 1. The highest BCUT2D eigenvalue weighted by Gasteiger charge is 2.04. The van der Waals surface area contributed by atoms with Crippen LogP contribution >= 0.6 is 11.8 Å². The van der Waals surface area contributed by atoms with E-state index in [4.69, 9.17) is 4.74 Å². The predicted molar refractivity (Wildman–Crippen MR) is 98.0 cm³/mol. The summed E-state index contributed by atoms with van der Waals surface area (Å²) in [6.07, 6.45) is 2.18. The van der Waals surface area contributed by atoms with Gasteiger partial charge in [0, 0.05) is 29.7 Å². The van der Waals surface area contributed by atoms with Gasteiger partial charge in [-0.1, -0.05) is 49.1 Å². The molecule has 0 saturated heterocycles. The summed E-state index contributed by atoms with van der Waals surface area (Å²) in [5.74, 6) is 2.47. The summed E-state index contributed by atoms with van der Waals surface area (Å²) < 4.78 is 5.45. The zero-order valence-corrected chi connectivity index (χ0v) is 13.9. The van der Waals surface area contributed by atoms with Crippen molar-refractivity contribution in [2.45, 2.75) is 12.2 Å². The zero-order chi connectivity index (χ0) is 16.3. The zero-order valence-electron chi connectivity index (χ0n) is 13.0. The maximum atomic E-state index is 12.0. The molecule has 0 heterocycles. The molecule has 0 bridgehead atoms. The van der Waals surface area contributed by atoms with Gasteiger partial charge in [0.15, 0.2) is 0 Å². The van der Waals surface area contributed by atoms with Crippen molar-refractivity contribution < 1.29 is 9.53 Å². The predicted octanol–water partition coefficient (Wildman–Crippen LogP) is 4.51. The molecule has 120 valence electrons. The molecule has 2 rings (SSSR count). The van der Waals surface area contributed by atoms with Gasteiger partial charge in [0.05, 0.1) is 0 Å². The number of anilines is 1. The van der Waals surface area contributed by atoms with Crippen LogP contribution in [0.15, 0.2) is 67.3 Å². The molecule has 1 N–H and O–H groups in total. The second-order valence-electron chi connectivity index (χ2n) is 4.96. The van der Waals surface area contributed by atoms with E-state index in [9.17, 15) is 4.79 Å². The molecule has 0 aromatic heterocycles. The summed E-state index contributed by atoms with van der Waals surface area (Å²) in [7, 11) is 0. The Morgan fingerprint density at radius 3 is 2.78 bits per heavy atom. The summed E-state index contributed by atoms with van der Waals surface area (Å²) in [6, 6.07) is 17.7. The number of hydrogen-bond donors (Lipinski definition) is 1. The minimum absolute atomic E-state index is 0.0198. The smallest absolute Gasteiger partial charge is 0.225 e. The van der Waals surface area contributed by atoms with Crippen LogP contribution in [0.5, 0.6) is 5.75 Å². The fourth-order valence-corrected chi connectivity index (χ4v) is 2.87. The van der Waals surface area contributed by atoms with Crippen LogP contribution in [0.4, 0.5) is 5.69 Å². The van der Waals surface area contributed by atoms with Crippen LogP contribution in [0.1, 0.15) is 12.0 Å². The molecule has 0 unspecified atom stereocenters. The molecule has 0 aliphatic carbocycles. The van der Waals surface area contributed by atoms with Gasteiger partial charge in [-0.3, -0.25) is 4.79 Å². The van der Waals surface area contributed by atoms with Crippen LogP contribution in [0.3, 0.4) is 0 Å². The summed E-state index contributed by atoms with van der Waals surface area (Å²) in [5.41, 5.74) is 2.04. The lowest BCUT2D eigenvalue weighted by molar-refractivity contribution is -0.115. The Morgan fingerprint density at radius 2 is 2.00 bits per heavy atom. The van der Waals surface area contributed by atoms with Crippen LogP contribution in [0.25, 0.3) is 0 Å². The van der Waals surface area contributed by atoms with Gasteiger partial charge in [-0.2, -0.15) is 11.8 Å². The number of nitrogens with one attached hydrogen (secondary N) is 1. The van der Waals surface area contributed by atoms with Crippen molar-refractivity contribution in [2.75, 3.05) is 17.7 Å². The number of thioether (sulfide) groups is 1. The topological polar surface area (TPSA) is 38.3 Å². The number of carbonyl (C=O) groups excluding carboxylic acids is 1. The van der Waals surface area contributed by atoms with Crippen molar-refractivity contribution in [3.63, 3.8) is 0 Å². The number of hydrogen-bond acceptors (Lipinski definition) is 3. The van der Waals surface area contributed by atoms with Crippen molar-refractivity contribution in [1.29, 1.82) is 0 Å². The van der Waals surface area contributed by atoms with E-state index in [1.54, 1.807) is 17.8 Å². The molecular weight excluding hydrogens is 306 g/mol. The van der Waals surface area contributed by atoms with Crippen LogP contribution in [-0.2, 0) is 10.5 Å². The minimum Gasteiger partial charge on any atom is -0.489 e. The molecule has 0 radical (unpaired) electrons. The first-order valence-electron chi connectivity index (χ1n) is 7.53. The van der Waals surface area contributed by atoms with Crippen molar-refractivity contribution in [3.8, 4) is 5.75 Å². The highest BCUT2D eigenvalue weighted by molar-refractivity contribution is 7.98. The molecule has 3 nitrogen and oxygen atoms in total. The lowest BCUT2D eigenvalue weighted by Crippen LogP contribution is -2.12. The molecule has 0 aliphatic heterocycles. The third-order valence-corrected chi connectivity index (χ3v) is 4.10. The van der Waals surface area contributed by atoms with Gasteiger partial charge in [-0.15, -0.1) is 0 Å². The quantitative estimate of drug-likeness (QED) is 0.544. The van der Waals surface area contributed by atoms with Gasteiger partial charge in [0.25, 0.3) is 0 Å². The number of ether oxygens (including phenoxy) is 1. The number of benzene rings is 2. The van der Waals surface area contributed by atoms with Crippen LogP contribution in [-0.4, -0.2) is 18.3 Å². The van der Waals surface area contributed by atoms with Crippen molar-refractivity contribution in [2.24, 2.45) is 0 Å². The normalized spacial score (nSPS) is 10.1. The van der Waals surface area contributed by atoms with Gasteiger partial charge in [-0.05, 0) is 17.7 Å². The summed E-state index contributed by atoms with van der Waals surface area (Å²) in [6.45, 7) is 4.07. The molecule has 23 heavy (non-hydrogen) atoms. The molecule has 0 saturated carbocycles. The van der Waals surface area contributed by atoms with E-state index >= 15 is 0 Å². The highest BCUT2D eigenvalue weighted by Crippen LogP contribution is 2.18. The van der Waals surface area contributed by atoms with Crippen LogP contribution < -0.4 is 10.1 Å². The molecule has 0 fully saturated rings. The standard InChI is InChI=1S/C19H21NO2S/c1-2-12-22-18-10-6-9-17(14-18)20-19(21)11-13-23-15-16-7-4-3-5-8-16/h2-10,14H,1,11-13,15H2,(H,20,21). The second kappa shape index (κ2) is 9.74. The first-order chi connectivity index (χ1) is 11.3. The molecule has 0 spiro atoms.